The van der Waals surface area contributed by atoms with E-state index in [1.54, 1.807) is 13.0 Å². The van der Waals surface area contributed by atoms with Gasteiger partial charge in [0, 0.05) is 5.57 Å². The van der Waals surface area contributed by atoms with Gasteiger partial charge < -0.3 is 9.84 Å². The van der Waals surface area contributed by atoms with Crippen LogP contribution in [0.1, 0.15) is 52.4 Å². The zero-order valence-corrected chi connectivity index (χ0v) is 11.9. The molecule has 0 aromatic rings. The summed E-state index contributed by atoms with van der Waals surface area (Å²) in [6, 6.07) is 0. The SMILES string of the molecule is CC(=CC(C)OC12CC3CC(CC(C3)C1)C2)C(=O)O. The van der Waals surface area contributed by atoms with E-state index in [2.05, 4.69) is 0 Å². The Morgan fingerprint density at radius 2 is 1.68 bits per heavy atom. The van der Waals surface area contributed by atoms with Crippen molar-refractivity contribution in [3.8, 4) is 0 Å². The van der Waals surface area contributed by atoms with E-state index in [1.165, 1.54) is 38.5 Å². The molecule has 19 heavy (non-hydrogen) atoms. The summed E-state index contributed by atoms with van der Waals surface area (Å²) in [7, 11) is 0. The Morgan fingerprint density at radius 1 is 1.21 bits per heavy atom. The van der Waals surface area contributed by atoms with Crippen LogP contribution in [-0.4, -0.2) is 22.8 Å². The molecule has 4 rings (SSSR count). The van der Waals surface area contributed by atoms with E-state index in [9.17, 15) is 4.79 Å². The summed E-state index contributed by atoms with van der Waals surface area (Å²) >= 11 is 0. The summed E-state index contributed by atoms with van der Waals surface area (Å²) in [6.45, 7) is 3.62. The fourth-order valence-corrected chi connectivity index (χ4v) is 5.03. The average Bonchev–Trinajstić information content (AvgIpc) is 2.25. The number of ether oxygens (including phenoxy) is 1. The van der Waals surface area contributed by atoms with Gasteiger partial charge in [0.2, 0.25) is 0 Å². The first-order valence-corrected chi connectivity index (χ1v) is 7.55. The zero-order chi connectivity index (χ0) is 13.6. The van der Waals surface area contributed by atoms with Gasteiger partial charge in [0.05, 0.1) is 11.7 Å². The number of rotatable bonds is 4. The Bertz CT molecular complexity index is 375. The average molecular weight is 264 g/mol. The maximum absolute atomic E-state index is 10.9. The summed E-state index contributed by atoms with van der Waals surface area (Å²) in [5.41, 5.74) is 0.445. The lowest BCUT2D eigenvalue weighted by Gasteiger charge is -2.56. The van der Waals surface area contributed by atoms with E-state index in [0.29, 0.717) is 5.57 Å². The van der Waals surface area contributed by atoms with Crippen LogP contribution in [0.15, 0.2) is 11.6 Å². The minimum Gasteiger partial charge on any atom is -0.478 e. The number of carboxylic acids is 1. The smallest absolute Gasteiger partial charge is 0.331 e. The van der Waals surface area contributed by atoms with Gasteiger partial charge in [-0.1, -0.05) is 0 Å². The van der Waals surface area contributed by atoms with Gasteiger partial charge in [0.25, 0.3) is 0 Å². The van der Waals surface area contributed by atoms with Gasteiger partial charge in [-0.15, -0.1) is 0 Å². The fourth-order valence-electron chi connectivity index (χ4n) is 5.03. The maximum atomic E-state index is 10.9. The van der Waals surface area contributed by atoms with E-state index >= 15 is 0 Å². The molecule has 4 aliphatic carbocycles. The van der Waals surface area contributed by atoms with Crippen LogP contribution in [0.3, 0.4) is 0 Å². The van der Waals surface area contributed by atoms with Crippen molar-refractivity contribution >= 4 is 5.97 Å². The molecule has 3 nitrogen and oxygen atoms in total. The van der Waals surface area contributed by atoms with E-state index in [4.69, 9.17) is 9.84 Å². The molecule has 0 aromatic carbocycles. The number of hydrogen-bond acceptors (Lipinski definition) is 2. The van der Waals surface area contributed by atoms with Crippen molar-refractivity contribution in [2.45, 2.75) is 64.1 Å². The van der Waals surface area contributed by atoms with Gasteiger partial charge in [-0.05, 0) is 76.2 Å². The van der Waals surface area contributed by atoms with E-state index in [-0.39, 0.29) is 11.7 Å². The summed E-state index contributed by atoms with van der Waals surface area (Å²) in [6.07, 6.45) is 9.46. The highest BCUT2D eigenvalue weighted by Gasteiger charge is 2.52. The monoisotopic (exact) mass is 264 g/mol. The second-order valence-corrected chi connectivity index (χ2v) is 7.08. The third kappa shape index (κ3) is 2.58. The predicted octanol–water partition coefficient (Wildman–Crippen LogP) is 3.39. The van der Waals surface area contributed by atoms with Crippen LogP contribution in [0.25, 0.3) is 0 Å². The van der Waals surface area contributed by atoms with Gasteiger partial charge in [0.1, 0.15) is 0 Å². The summed E-state index contributed by atoms with van der Waals surface area (Å²) in [5.74, 6) is 1.75. The molecule has 4 saturated carbocycles. The lowest BCUT2D eigenvalue weighted by atomic mass is 9.54. The van der Waals surface area contributed by atoms with Gasteiger partial charge in [0.15, 0.2) is 0 Å². The molecule has 0 saturated heterocycles. The molecule has 0 heterocycles. The quantitative estimate of drug-likeness (QED) is 0.792. The fraction of sp³-hybridized carbons (Fsp3) is 0.812. The minimum absolute atomic E-state index is 0.0590. The van der Waals surface area contributed by atoms with Crippen LogP contribution in [0.5, 0.6) is 0 Å². The molecule has 1 atom stereocenters. The van der Waals surface area contributed by atoms with Crippen LogP contribution >= 0.6 is 0 Å². The molecular weight excluding hydrogens is 240 g/mol. The third-order valence-electron chi connectivity index (χ3n) is 5.24. The highest BCUT2D eigenvalue weighted by Crippen LogP contribution is 2.57. The van der Waals surface area contributed by atoms with Crippen LogP contribution in [-0.2, 0) is 9.53 Å². The van der Waals surface area contributed by atoms with Gasteiger partial charge in [-0.3, -0.25) is 0 Å². The van der Waals surface area contributed by atoms with Crippen molar-refractivity contribution in [3.63, 3.8) is 0 Å². The molecule has 106 valence electrons. The normalized spacial score (nSPS) is 42.4. The van der Waals surface area contributed by atoms with Crippen molar-refractivity contribution in [2.75, 3.05) is 0 Å². The van der Waals surface area contributed by atoms with Crippen LogP contribution < -0.4 is 0 Å². The van der Waals surface area contributed by atoms with Crippen molar-refractivity contribution < 1.29 is 14.6 Å². The summed E-state index contributed by atoms with van der Waals surface area (Å²) in [5, 5.41) is 8.94. The van der Waals surface area contributed by atoms with Crippen molar-refractivity contribution in [1.29, 1.82) is 0 Å². The Hall–Kier alpha value is -0.830. The lowest BCUT2D eigenvalue weighted by Crippen LogP contribution is -2.52. The molecule has 4 fully saturated rings. The summed E-state index contributed by atoms with van der Waals surface area (Å²) < 4.78 is 6.33. The van der Waals surface area contributed by atoms with E-state index < -0.39 is 5.97 Å². The molecule has 0 aromatic heterocycles. The van der Waals surface area contributed by atoms with Crippen molar-refractivity contribution in [2.24, 2.45) is 17.8 Å². The lowest BCUT2D eigenvalue weighted by molar-refractivity contribution is -0.175. The molecule has 1 N–H and O–H groups in total. The second-order valence-electron chi connectivity index (χ2n) is 7.08. The van der Waals surface area contributed by atoms with Crippen molar-refractivity contribution in [1.82, 2.24) is 0 Å². The standard InChI is InChI=1S/C16H24O3/c1-10(15(17)18)3-11(2)19-16-7-12-4-13(8-16)6-14(5-12)9-16/h3,11-14H,4-9H2,1-2H3,(H,17,18). The summed E-state index contributed by atoms with van der Waals surface area (Å²) in [4.78, 5) is 10.9. The molecule has 4 aliphatic rings. The maximum Gasteiger partial charge on any atom is 0.331 e. The first-order valence-electron chi connectivity index (χ1n) is 7.55. The van der Waals surface area contributed by atoms with Crippen molar-refractivity contribution in [3.05, 3.63) is 11.6 Å². The Kier molecular flexibility index (Phi) is 3.20. The first-order chi connectivity index (χ1) is 8.96. The number of aliphatic carboxylic acids is 1. The van der Waals surface area contributed by atoms with Crippen LogP contribution in [0, 0.1) is 17.8 Å². The molecule has 0 aliphatic heterocycles. The van der Waals surface area contributed by atoms with Gasteiger partial charge >= 0.3 is 5.97 Å². The Morgan fingerprint density at radius 3 is 2.11 bits per heavy atom. The van der Waals surface area contributed by atoms with Crippen LogP contribution in [0.2, 0.25) is 0 Å². The minimum atomic E-state index is -0.846. The molecule has 3 heteroatoms. The van der Waals surface area contributed by atoms with Gasteiger partial charge in [-0.25, -0.2) is 4.79 Å². The highest BCUT2D eigenvalue weighted by molar-refractivity contribution is 5.85. The van der Waals surface area contributed by atoms with Gasteiger partial charge in [-0.2, -0.15) is 0 Å². The number of carbonyl (C=O) groups is 1. The zero-order valence-electron chi connectivity index (χ0n) is 11.9. The van der Waals surface area contributed by atoms with Crippen LogP contribution in [0.4, 0.5) is 0 Å². The topological polar surface area (TPSA) is 46.5 Å². The molecule has 0 amide bonds. The van der Waals surface area contributed by atoms with E-state index in [1.807, 2.05) is 6.92 Å². The highest BCUT2D eigenvalue weighted by atomic mass is 16.5. The first kappa shape index (κ1) is 13.2. The number of carboxylic acid groups (broad SMARTS) is 1. The molecular formula is C16H24O3. The third-order valence-corrected chi connectivity index (χ3v) is 5.24. The Labute approximate surface area is 115 Å². The molecule has 4 bridgehead atoms. The Balaban J connectivity index is 1.69. The second kappa shape index (κ2) is 4.62. The largest absolute Gasteiger partial charge is 0.478 e. The number of hydrogen-bond donors (Lipinski definition) is 1. The van der Waals surface area contributed by atoms with E-state index in [0.717, 1.165) is 17.8 Å². The predicted molar refractivity (Wildman–Crippen MR) is 72.8 cm³/mol. The molecule has 1 unspecified atom stereocenters. The molecule has 0 radical (unpaired) electrons. The molecule has 0 spiro atoms.